The lowest BCUT2D eigenvalue weighted by atomic mass is 10.1. The fourth-order valence-corrected chi connectivity index (χ4v) is 4.59. The number of carbonyl (C=O) groups is 2. The molecule has 0 spiro atoms. The van der Waals surface area contributed by atoms with E-state index in [-0.39, 0.29) is 47.9 Å². The molecule has 1 aliphatic heterocycles. The van der Waals surface area contributed by atoms with Gasteiger partial charge in [-0.25, -0.2) is 8.42 Å². The molecule has 0 aliphatic carbocycles. The van der Waals surface area contributed by atoms with Crippen LogP contribution in [0.15, 0.2) is 57.9 Å². The Hall–Kier alpha value is -2.23. The fraction of sp³-hybridized carbons (Fsp3) is 0.263. The highest BCUT2D eigenvalue weighted by Crippen LogP contribution is 2.20. The number of nitrogens with one attached hydrogen (secondary N) is 2. The molecule has 1 atom stereocenters. The van der Waals surface area contributed by atoms with Crippen LogP contribution in [-0.4, -0.2) is 44.2 Å². The van der Waals surface area contributed by atoms with E-state index in [1.807, 2.05) is 31.2 Å². The van der Waals surface area contributed by atoms with Crippen molar-refractivity contribution in [3.8, 4) is 0 Å². The lowest BCUT2D eigenvalue weighted by Gasteiger charge is -2.26. The average Bonchev–Trinajstić information content (AvgIpc) is 2.68. The van der Waals surface area contributed by atoms with Gasteiger partial charge in [0.25, 0.3) is 5.91 Å². The third-order valence-corrected chi connectivity index (χ3v) is 6.82. The van der Waals surface area contributed by atoms with Crippen molar-refractivity contribution in [3.63, 3.8) is 0 Å². The summed E-state index contributed by atoms with van der Waals surface area (Å²) in [6.45, 7) is 2.10. The summed E-state index contributed by atoms with van der Waals surface area (Å²) in [4.78, 5) is 24.1. The fourth-order valence-electron chi connectivity index (χ4n) is 2.88. The molecule has 2 aromatic rings. The van der Waals surface area contributed by atoms with Gasteiger partial charge in [0.1, 0.15) is 0 Å². The zero-order chi connectivity index (χ0) is 20.3. The van der Waals surface area contributed by atoms with Crippen LogP contribution < -0.4 is 10.6 Å². The van der Waals surface area contributed by atoms with Gasteiger partial charge in [0.15, 0.2) is 0 Å². The summed E-state index contributed by atoms with van der Waals surface area (Å²) < 4.78 is 27.6. The summed E-state index contributed by atoms with van der Waals surface area (Å²) >= 11 is 3.37. The number of rotatable bonds is 5. The molecule has 1 fully saturated rings. The Morgan fingerprint density at radius 3 is 2.61 bits per heavy atom. The number of hydrogen-bond acceptors (Lipinski definition) is 4. The summed E-state index contributed by atoms with van der Waals surface area (Å²) in [5.41, 5.74) is 1.17. The van der Waals surface area contributed by atoms with E-state index in [1.54, 1.807) is 6.07 Å². The Kier molecular flexibility index (Phi) is 6.17. The zero-order valence-corrected chi connectivity index (χ0v) is 17.6. The number of piperazine rings is 1. The zero-order valence-electron chi connectivity index (χ0n) is 15.2. The van der Waals surface area contributed by atoms with Crippen LogP contribution in [0.2, 0.25) is 0 Å². The van der Waals surface area contributed by atoms with Crippen LogP contribution in [0.25, 0.3) is 0 Å². The second-order valence-electron chi connectivity index (χ2n) is 6.46. The molecule has 0 radical (unpaired) electrons. The van der Waals surface area contributed by atoms with E-state index in [0.29, 0.717) is 0 Å². The lowest BCUT2D eigenvalue weighted by Crippen LogP contribution is -2.49. The molecule has 28 heavy (non-hydrogen) atoms. The van der Waals surface area contributed by atoms with E-state index in [2.05, 4.69) is 26.6 Å². The Balaban J connectivity index is 1.77. The lowest BCUT2D eigenvalue weighted by molar-refractivity contribution is -0.122. The molecule has 9 heteroatoms. The number of nitrogens with zero attached hydrogens (tertiary/aromatic N) is 1. The molecule has 1 heterocycles. The average molecular weight is 466 g/mol. The van der Waals surface area contributed by atoms with Crippen LogP contribution in [0.5, 0.6) is 0 Å². The highest BCUT2D eigenvalue weighted by molar-refractivity contribution is 9.10. The first kappa shape index (κ1) is 20.5. The number of hydrogen-bond donors (Lipinski definition) is 2. The smallest absolute Gasteiger partial charge is 0.251 e. The van der Waals surface area contributed by atoms with Gasteiger partial charge in [-0.05, 0) is 42.8 Å². The van der Waals surface area contributed by atoms with Crippen molar-refractivity contribution >= 4 is 37.8 Å². The third-order valence-electron chi connectivity index (χ3n) is 4.45. The molecule has 0 bridgehead atoms. The maximum absolute atomic E-state index is 12.8. The van der Waals surface area contributed by atoms with Crippen molar-refractivity contribution in [1.29, 1.82) is 0 Å². The normalized spacial score (nSPS) is 16.3. The standard InChI is InChI=1S/C19H20BrN3O4S/c1-13(14-5-7-16(20)8-6-14)22-19(25)15-3-2-4-17(11-15)28(26,27)23-10-9-21-18(24)12-23/h2-8,11,13H,9-10,12H2,1H3,(H,21,24)(H,22,25). The molecule has 1 unspecified atom stereocenters. The first-order valence-electron chi connectivity index (χ1n) is 8.70. The summed E-state index contributed by atoms with van der Waals surface area (Å²) in [6, 6.07) is 13.2. The van der Waals surface area contributed by atoms with Crippen molar-refractivity contribution in [2.24, 2.45) is 0 Å². The van der Waals surface area contributed by atoms with Gasteiger partial charge in [-0.2, -0.15) is 4.31 Å². The minimum absolute atomic E-state index is 0.00820. The SMILES string of the molecule is CC(NC(=O)c1cccc(S(=O)(=O)N2CCNC(=O)C2)c1)c1ccc(Br)cc1. The molecule has 2 aromatic carbocycles. The third kappa shape index (κ3) is 4.60. The highest BCUT2D eigenvalue weighted by atomic mass is 79.9. The Labute approximate surface area is 172 Å². The molecule has 0 saturated carbocycles. The molecule has 2 N–H and O–H groups in total. The summed E-state index contributed by atoms with van der Waals surface area (Å²) in [7, 11) is -3.85. The molecule has 1 aliphatic rings. The van der Waals surface area contributed by atoms with E-state index in [4.69, 9.17) is 0 Å². The van der Waals surface area contributed by atoms with Gasteiger partial charge in [-0.3, -0.25) is 9.59 Å². The van der Waals surface area contributed by atoms with Crippen molar-refractivity contribution in [2.75, 3.05) is 19.6 Å². The minimum atomic E-state index is -3.85. The van der Waals surface area contributed by atoms with Crippen LogP contribution in [-0.2, 0) is 14.8 Å². The first-order valence-corrected chi connectivity index (χ1v) is 10.9. The van der Waals surface area contributed by atoms with Gasteiger partial charge in [-0.15, -0.1) is 0 Å². The molecule has 2 amide bonds. The molecule has 7 nitrogen and oxygen atoms in total. The van der Waals surface area contributed by atoms with Gasteiger partial charge >= 0.3 is 0 Å². The van der Waals surface area contributed by atoms with Gasteiger partial charge in [-0.1, -0.05) is 34.1 Å². The second-order valence-corrected chi connectivity index (χ2v) is 9.32. The van der Waals surface area contributed by atoms with Crippen LogP contribution in [0.3, 0.4) is 0 Å². The monoisotopic (exact) mass is 465 g/mol. The minimum Gasteiger partial charge on any atom is -0.354 e. The van der Waals surface area contributed by atoms with Crippen LogP contribution in [0.4, 0.5) is 0 Å². The van der Waals surface area contributed by atoms with E-state index in [1.165, 1.54) is 18.2 Å². The van der Waals surface area contributed by atoms with Crippen LogP contribution >= 0.6 is 15.9 Å². The predicted molar refractivity (Wildman–Crippen MR) is 108 cm³/mol. The van der Waals surface area contributed by atoms with Gasteiger partial charge in [0, 0.05) is 23.1 Å². The summed E-state index contributed by atoms with van der Waals surface area (Å²) in [5, 5.41) is 5.46. The Morgan fingerprint density at radius 2 is 1.93 bits per heavy atom. The van der Waals surface area contributed by atoms with E-state index >= 15 is 0 Å². The van der Waals surface area contributed by atoms with E-state index in [9.17, 15) is 18.0 Å². The van der Waals surface area contributed by atoms with Crippen molar-refractivity contribution in [1.82, 2.24) is 14.9 Å². The van der Waals surface area contributed by atoms with Gasteiger partial charge < -0.3 is 10.6 Å². The molecule has 3 rings (SSSR count). The second kappa shape index (κ2) is 8.42. The number of benzene rings is 2. The van der Waals surface area contributed by atoms with Crippen molar-refractivity contribution in [3.05, 3.63) is 64.1 Å². The molecule has 148 valence electrons. The molecular weight excluding hydrogens is 446 g/mol. The number of sulfonamides is 1. The summed E-state index contributed by atoms with van der Waals surface area (Å²) in [6.07, 6.45) is 0. The van der Waals surface area contributed by atoms with Crippen LogP contribution in [0.1, 0.15) is 28.9 Å². The number of carbonyl (C=O) groups excluding carboxylic acids is 2. The van der Waals surface area contributed by atoms with Gasteiger partial charge in [0.2, 0.25) is 15.9 Å². The topological polar surface area (TPSA) is 95.6 Å². The first-order chi connectivity index (χ1) is 13.3. The molecule has 0 aromatic heterocycles. The number of halogens is 1. The molecular formula is C19H20BrN3O4S. The highest BCUT2D eigenvalue weighted by Gasteiger charge is 2.29. The quantitative estimate of drug-likeness (QED) is 0.706. The predicted octanol–water partition coefficient (Wildman–Crippen LogP) is 2.06. The Morgan fingerprint density at radius 1 is 1.21 bits per heavy atom. The maximum Gasteiger partial charge on any atom is 0.251 e. The van der Waals surface area contributed by atoms with E-state index in [0.717, 1.165) is 14.3 Å². The maximum atomic E-state index is 12.8. The van der Waals surface area contributed by atoms with E-state index < -0.39 is 10.0 Å². The Bertz CT molecular complexity index is 992. The largest absolute Gasteiger partial charge is 0.354 e. The van der Waals surface area contributed by atoms with Crippen molar-refractivity contribution < 1.29 is 18.0 Å². The molecule has 1 saturated heterocycles. The number of amides is 2. The summed E-state index contributed by atoms with van der Waals surface area (Å²) in [5.74, 6) is -0.712. The van der Waals surface area contributed by atoms with Crippen LogP contribution in [0, 0.1) is 0 Å². The van der Waals surface area contributed by atoms with Crippen molar-refractivity contribution in [2.45, 2.75) is 17.9 Å². The van der Waals surface area contributed by atoms with Gasteiger partial charge in [0.05, 0.1) is 17.5 Å².